The lowest BCUT2D eigenvalue weighted by molar-refractivity contribution is -0.131. The van der Waals surface area contributed by atoms with E-state index in [1.54, 1.807) is 23.1 Å². The summed E-state index contributed by atoms with van der Waals surface area (Å²) in [6.45, 7) is 7.85. The zero-order valence-corrected chi connectivity index (χ0v) is 19.1. The summed E-state index contributed by atoms with van der Waals surface area (Å²) in [7, 11) is 0. The summed E-state index contributed by atoms with van der Waals surface area (Å²) in [5.74, 6) is 1.91. The Morgan fingerprint density at radius 2 is 1.90 bits per heavy atom. The number of aryl methyl sites for hydroxylation is 1. The normalized spacial score (nSPS) is 14.3. The van der Waals surface area contributed by atoms with Crippen LogP contribution in [0.1, 0.15) is 18.9 Å². The first-order valence-corrected chi connectivity index (χ1v) is 12.2. The van der Waals surface area contributed by atoms with Crippen LogP contribution < -0.4 is 9.64 Å². The summed E-state index contributed by atoms with van der Waals surface area (Å²) in [5, 5.41) is 1.01. The quantitative estimate of drug-likeness (QED) is 0.491. The molecule has 0 spiro atoms. The van der Waals surface area contributed by atoms with Gasteiger partial charge in [0, 0.05) is 43.2 Å². The van der Waals surface area contributed by atoms with Gasteiger partial charge in [0.05, 0.1) is 11.3 Å². The molecule has 1 amide bonds. The van der Waals surface area contributed by atoms with E-state index in [2.05, 4.69) is 42.2 Å². The molecule has 1 aliphatic heterocycles. The number of carbonyl (C=O) groups is 1. The Hall–Kier alpha value is -2.25. The fourth-order valence-electron chi connectivity index (χ4n) is 3.51. The number of benzene rings is 2. The average molecular weight is 442 g/mol. The summed E-state index contributed by atoms with van der Waals surface area (Å²) in [5.41, 5.74) is 2.20. The minimum absolute atomic E-state index is 0.247. The van der Waals surface area contributed by atoms with E-state index in [0.29, 0.717) is 13.0 Å². The summed E-state index contributed by atoms with van der Waals surface area (Å²) >= 11 is 3.44. The molecule has 1 fully saturated rings. The van der Waals surface area contributed by atoms with Crippen molar-refractivity contribution in [3.05, 3.63) is 48.0 Å². The van der Waals surface area contributed by atoms with E-state index in [4.69, 9.17) is 9.72 Å². The lowest BCUT2D eigenvalue weighted by atomic mass is 10.2. The van der Waals surface area contributed by atoms with Crippen molar-refractivity contribution in [1.82, 2.24) is 9.88 Å². The number of nitrogens with zero attached hydrogens (tertiary/aromatic N) is 3. The molecule has 2 heterocycles. The number of ether oxygens (including phenoxy) is 1. The molecule has 3 aromatic rings. The Balaban J connectivity index is 1.29. The number of thiazole rings is 1. The van der Waals surface area contributed by atoms with Gasteiger partial charge in [0.15, 0.2) is 5.13 Å². The van der Waals surface area contributed by atoms with Crippen LogP contribution in [0.15, 0.2) is 47.4 Å². The number of hydrogen-bond donors (Lipinski definition) is 0. The molecule has 4 rings (SSSR count). The van der Waals surface area contributed by atoms with E-state index < -0.39 is 0 Å². The molecular formula is C23H27N3O2S2. The molecule has 1 saturated heterocycles. The summed E-state index contributed by atoms with van der Waals surface area (Å²) < 4.78 is 6.86. The van der Waals surface area contributed by atoms with E-state index >= 15 is 0 Å². The van der Waals surface area contributed by atoms with Gasteiger partial charge in [0.1, 0.15) is 11.3 Å². The Kier molecular flexibility index (Phi) is 6.79. The minimum atomic E-state index is 0.247. The number of para-hydroxylation sites is 1. The molecule has 0 unspecified atom stereocenters. The van der Waals surface area contributed by atoms with E-state index in [1.807, 2.05) is 24.0 Å². The van der Waals surface area contributed by atoms with Crippen molar-refractivity contribution in [1.29, 1.82) is 0 Å². The van der Waals surface area contributed by atoms with Gasteiger partial charge in [-0.05, 0) is 38.1 Å². The number of anilines is 1. The highest BCUT2D eigenvalue weighted by atomic mass is 32.2. The molecule has 2 aromatic carbocycles. The van der Waals surface area contributed by atoms with Crippen molar-refractivity contribution < 1.29 is 9.53 Å². The largest absolute Gasteiger partial charge is 0.492 e. The van der Waals surface area contributed by atoms with Crippen molar-refractivity contribution >= 4 is 44.4 Å². The molecule has 0 atom stereocenters. The summed E-state index contributed by atoms with van der Waals surface area (Å²) in [6.07, 6.45) is 0.581. The predicted octanol–water partition coefficient (Wildman–Crippen LogP) is 4.83. The van der Waals surface area contributed by atoms with Crippen LogP contribution in [0.2, 0.25) is 0 Å². The topological polar surface area (TPSA) is 45.7 Å². The number of carbonyl (C=O) groups excluding carboxylic acids is 1. The molecule has 30 heavy (non-hydrogen) atoms. The van der Waals surface area contributed by atoms with Crippen LogP contribution in [0.4, 0.5) is 5.13 Å². The smallest absolute Gasteiger partial charge is 0.223 e. The third kappa shape index (κ3) is 4.90. The van der Waals surface area contributed by atoms with Gasteiger partial charge in [-0.1, -0.05) is 35.1 Å². The first-order chi connectivity index (χ1) is 14.6. The van der Waals surface area contributed by atoms with Crippen LogP contribution >= 0.6 is 23.1 Å². The predicted molar refractivity (Wildman–Crippen MR) is 126 cm³/mol. The Labute approximate surface area is 186 Å². The Bertz CT molecular complexity index is 995. The Morgan fingerprint density at radius 1 is 1.13 bits per heavy atom. The molecule has 158 valence electrons. The number of fused-ring (bicyclic) bond motifs is 1. The second-order valence-corrected chi connectivity index (χ2v) is 9.49. The van der Waals surface area contributed by atoms with Gasteiger partial charge in [0.2, 0.25) is 5.91 Å². The molecule has 0 aliphatic carbocycles. The van der Waals surface area contributed by atoms with E-state index in [-0.39, 0.29) is 5.91 Å². The number of piperazine rings is 1. The number of hydrogen-bond acceptors (Lipinski definition) is 6. The molecule has 0 bridgehead atoms. The molecule has 0 N–H and O–H groups in total. The molecule has 0 saturated carbocycles. The summed E-state index contributed by atoms with van der Waals surface area (Å²) in [4.78, 5) is 22.9. The van der Waals surface area contributed by atoms with Crippen LogP contribution in [0.25, 0.3) is 10.2 Å². The fraction of sp³-hybridized carbons (Fsp3) is 0.391. The van der Waals surface area contributed by atoms with Crippen LogP contribution in [-0.2, 0) is 4.79 Å². The standard InChI is InChI=1S/C23H27N3O2S2/c1-3-28-19-5-4-6-20-22(19)24-23(30-20)26-14-12-25(13-15-26)21(27)11-16-29-18-9-7-17(2)8-10-18/h4-10H,3,11-16H2,1-2H3. The maximum atomic E-state index is 12.6. The molecule has 0 radical (unpaired) electrons. The molecular weight excluding hydrogens is 414 g/mol. The van der Waals surface area contributed by atoms with E-state index in [9.17, 15) is 4.79 Å². The number of rotatable bonds is 7. The maximum Gasteiger partial charge on any atom is 0.223 e. The first kappa shape index (κ1) is 21.0. The number of amides is 1. The minimum Gasteiger partial charge on any atom is -0.492 e. The average Bonchev–Trinajstić information content (AvgIpc) is 3.21. The molecule has 7 heteroatoms. The zero-order valence-electron chi connectivity index (χ0n) is 17.5. The summed E-state index contributed by atoms with van der Waals surface area (Å²) in [6, 6.07) is 14.5. The van der Waals surface area contributed by atoms with Crippen molar-refractivity contribution in [2.75, 3.05) is 43.4 Å². The third-order valence-electron chi connectivity index (χ3n) is 5.18. The van der Waals surface area contributed by atoms with E-state index in [1.165, 1.54) is 10.5 Å². The van der Waals surface area contributed by atoms with Crippen molar-refractivity contribution in [2.45, 2.75) is 25.2 Å². The number of aromatic nitrogens is 1. The van der Waals surface area contributed by atoms with Crippen LogP contribution in [0.3, 0.4) is 0 Å². The van der Waals surface area contributed by atoms with Gasteiger partial charge in [-0.3, -0.25) is 4.79 Å². The monoisotopic (exact) mass is 441 g/mol. The Morgan fingerprint density at radius 3 is 2.63 bits per heavy atom. The van der Waals surface area contributed by atoms with Crippen LogP contribution in [-0.4, -0.2) is 54.3 Å². The highest BCUT2D eigenvalue weighted by Gasteiger charge is 2.23. The molecule has 5 nitrogen and oxygen atoms in total. The van der Waals surface area contributed by atoms with Gasteiger partial charge in [-0.15, -0.1) is 11.8 Å². The van der Waals surface area contributed by atoms with Crippen molar-refractivity contribution in [3.63, 3.8) is 0 Å². The third-order valence-corrected chi connectivity index (χ3v) is 7.27. The molecule has 1 aromatic heterocycles. The maximum absolute atomic E-state index is 12.6. The second kappa shape index (κ2) is 9.71. The molecule has 1 aliphatic rings. The second-order valence-electron chi connectivity index (χ2n) is 7.31. The van der Waals surface area contributed by atoms with Gasteiger partial charge >= 0.3 is 0 Å². The van der Waals surface area contributed by atoms with Gasteiger partial charge in [-0.25, -0.2) is 4.98 Å². The fourth-order valence-corrected chi connectivity index (χ4v) is 5.39. The van der Waals surface area contributed by atoms with Gasteiger partial charge < -0.3 is 14.5 Å². The van der Waals surface area contributed by atoms with Gasteiger partial charge in [-0.2, -0.15) is 0 Å². The highest BCUT2D eigenvalue weighted by molar-refractivity contribution is 7.99. The SMILES string of the molecule is CCOc1cccc2sc(N3CCN(C(=O)CCSc4ccc(C)cc4)CC3)nc12. The van der Waals surface area contributed by atoms with Crippen molar-refractivity contribution in [3.8, 4) is 5.75 Å². The van der Waals surface area contributed by atoms with Gasteiger partial charge in [0.25, 0.3) is 0 Å². The number of thioether (sulfide) groups is 1. The lowest BCUT2D eigenvalue weighted by Crippen LogP contribution is -2.48. The lowest BCUT2D eigenvalue weighted by Gasteiger charge is -2.34. The van der Waals surface area contributed by atoms with Crippen LogP contribution in [0.5, 0.6) is 5.75 Å². The van der Waals surface area contributed by atoms with E-state index in [0.717, 1.165) is 53.0 Å². The zero-order chi connectivity index (χ0) is 20.9. The van der Waals surface area contributed by atoms with Crippen LogP contribution in [0, 0.1) is 6.92 Å². The highest BCUT2D eigenvalue weighted by Crippen LogP contribution is 2.34. The first-order valence-electron chi connectivity index (χ1n) is 10.4. The van der Waals surface area contributed by atoms with Crippen molar-refractivity contribution in [2.24, 2.45) is 0 Å².